The van der Waals surface area contributed by atoms with Gasteiger partial charge in [0.25, 0.3) is 0 Å². The molecular formula is C19H25N5O3. The van der Waals surface area contributed by atoms with E-state index in [2.05, 4.69) is 21.2 Å². The molecule has 3 N–H and O–H groups in total. The molecule has 1 aromatic carbocycles. The molecule has 8 nitrogen and oxygen atoms in total. The van der Waals surface area contributed by atoms with E-state index < -0.39 is 5.69 Å². The Hall–Kier alpha value is -2.71. The van der Waals surface area contributed by atoms with Crippen LogP contribution >= 0.6 is 0 Å². The summed E-state index contributed by atoms with van der Waals surface area (Å²) >= 11 is 0. The highest BCUT2D eigenvalue weighted by molar-refractivity contribution is 5.75. The Morgan fingerprint density at radius 1 is 1.33 bits per heavy atom. The molecule has 1 aliphatic heterocycles. The number of hydrogen-bond acceptors (Lipinski definition) is 6. The molecule has 8 heteroatoms. The molecule has 1 saturated heterocycles. The van der Waals surface area contributed by atoms with Gasteiger partial charge in [0, 0.05) is 30.4 Å². The van der Waals surface area contributed by atoms with Crippen molar-refractivity contribution >= 4 is 5.91 Å². The zero-order chi connectivity index (χ0) is 19.4. The van der Waals surface area contributed by atoms with Crippen LogP contribution in [-0.2, 0) is 11.3 Å². The van der Waals surface area contributed by atoms with Gasteiger partial charge in [-0.25, -0.2) is 10.2 Å². The number of nitrogens with zero attached hydrogens (tertiary/aromatic N) is 2. The lowest BCUT2D eigenvalue weighted by atomic mass is 9.95. The first-order valence-electron chi connectivity index (χ1n) is 8.92. The summed E-state index contributed by atoms with van der Waals surface area (Å²) in [7, 11) is 1.64. The van der Waals surface area contributed by atoms with Crippen molar-refractivity contribution in [3.05, 3.63) is 57.8 Å². The lowest BCUT2D eigenvalue weighted by molar-refractivity contribution is -0.121. The van der Waals surface area contributed by atoms with Crippen molar-refractivity contribution in [1.82, 2.24) is 25.7 Å². The summed E-state index contributed by atoms with van der Waals surface area (Å²) in [6.45, 7) is 4.77. The maximum atomic E-state index is 12.3. The number of carbonyl (C=O) groups excluding carboxylic acids is 1. The minimum absolute atomic E-state index is 0.0290. The van der Waals surface area contributed by atoms with Crippen molar-refractivity contribution in [2.75, 3.05) is 20.2 Å². The largest absolute Gasteiger partial charge is 0.497 e. The molecule has 2 aromatic rings. The number of aromatic nitrogens is 2. The Morgan fingerprint density at radius 3 is 2.74 bits per heavy atom. The van der Waals surface area contributed by atoms with Gasteiger partial charge in [-0.05, 0) is 37.6 Å². The first kappa shape index (κ1) is 19.1. The van der Waals surface area contributed by atoms with Gasteiger partial charge in [0.1, 0.15) is 12.3 Å². The number of hydrogen-bond donors (Lipinski definition) is 3. The van der Waals surface area contributed by atoms with Crippen molar-refractivity contribution in [2.45, 2.75) is 26.4 Å². The maximum Gasteiger partial charge on any atom is 0.348 e. The van der Waals surface area contributed by atoms with Crippen LogP contribution in [0.25, 0.3) is 0 Å². The molecule has 0 radical (unpaired) electrons. The Labute approximate surface area is 157 Å². The number of rotatable bonds is 6. The monoisotopic (exact) mass is 371 g/mol. The van der Waals surface area contributed by atoms with Crippen molar-refractivity contribution < 1.29 is 9.53 Å². The number of nitrogens with one attached hydrogen (secondary N) is 3. The van der Waals surface area contributed by atoms with E-state index in [0.717, 1.165) is 23.6 Å². The SMILES string of the molecule is COc1ccc(C2NNCC2CNC(=O)Cn2c(C)cc(C)nc2=O)cc1. The lowest BCUT2D eigenvalue weighted by Crippen LogP contribution is -2.38. The van der Waals surface area contributed by atoms with Crippen LogP contribution in [0.15, 0.2) is 35.1 Å². The molecule has 2 atom stereocenters. The van der Waals surface area contributed by atoms with E-state index in [1.807, 2.05) is 24.3 Å². The predicted octanol–water partition coefficient (Wildman–Crippen LogP) is 0.450. The van der Waals surface area contributed by atoms with Crippen molar-refractivity contribution in [1.29, 1.82) is 0 Å². The van der Waals surface area contributed by atoms with Crippen LogP contribution in [-0.4, -0.2) is 35.7 Å². The molecule has 27 heavy (non-hydrogen) atoms. The highest BCUT2D eigenvalue weighted by Crippen LogP contribution is 2.26. The second-order valence-electron chi connectivity index (χ2n) is 6.75. The van der Waals surface area contributed by atoms with Crippen LogP contribution < -0.4 is 26.6 Å². The first-order chi connectivity index (χ1) is 13.0. The van der Waals surface area contributed by atoms with Crippen molar-refractivity contribution in [2.24, 2.45) is 5.92 Å². The van der Waals surface area contributed by atoms with Crippen LogP contribution in [0, 0.1) is 19.8 Å². The van der Waals surface area contributed by atoms with Gasteiger partial charge in [-0.1, -0.05) is 12.1 Å². The number of carbonyl (C=O) groups is 1. The predicted molar refractivity (Wildman–Crippen MR) is 101 cm³/mol. The Balaban J connectivity index is 1.60. The number of benzene rings is 1. The average molecular weight is 371 g/mol. The Morgan fingerprint density at radius 2 is 2.07 bits per heavy atom. The molecule has 0 aliphatic carbocycles. The summed E-state index contributed by atoms with van der Waals surface area (Å²) in [5, 5.41) is 2.93. The highest BCUT2D eigenvalue weighted by atomic mass is 16.5. The maximum absolute atomic E-state index is 12.3. The summed E-state index contributed by atoms with van der Waals surface area (Å²) in [5.41, 5.74) is 8.50. The van der Waals surface area contributed by atoms with Crippen LogP contribution in [0.1, 0.15) is 23.0 Å². The van der Waals surface area contributed by atoms with Gasteiger partial charge < -0.3 is 10.1 Å². The second-order valence-corrected chi connectivity index (χ2v) is 6.75. The summed E-state index contributed by atoms with van der Waals surface area (Å²) in [6, 6.07) is 9.74. The molecule has 2 unspecified atom stereocenters. The fraction of sp³-hybridized carbons (Fsp3) is 0.421. The molecule has 144 valence electrons. The number of aryl methyl sites for hydroxylation is 2. The number of hydrazine groups is 1. The number of amides is 1. The Kier molecular flexibility index (Phi) is 5.88. The van der Waals surface area contributed by atoms with Gasteiger partial charge in [-0.2, -0.15) is 4.98 Å². The summed E-state index contributed by atoms with van der Waals surface area (Å²) < 4.78 is 6.58. The minimum Gasteiger partial charge on any atom is -0.497 e. The molecule has 1 aromatic heterocycles. The molecule has 3 rings (SSSR count). The van der Waals surface area contributed by atoms with E-state index in [9.17, 15) is 9.59 Å². The molecule has 0 spiro atoms. The fourth-order valence-corrected chi connectivity index (χ4v) is 3.30. The molecular weight excluding hydrogens is 346 g/mol. The van der Waals surface area contributed by atoms with Gasteiger partial charge in [0.15, 0.2) is 0 Å². The summed E-state index contributed by atoms with van der Waals surface area (Å²) in [6.07, 6.45) is 0. The van der Waals surface area contributed by atoms with Crippen molar-refractivity contribution in [3.63, 3.8) is 0 Å². The quantitative estimate of drug-likeness (QED) is 0.682. The number of ether oxygens (including phenoxy) is 1. The van der Waals surface area contributed by atoms with Crippen molar-refractivity contribution in [3.8, 4) is 5.75 Å². The van der Waals surface area contributed by atoms with Gasteiger partial charge in [0.2, 0.25) is 5.91 Å². The fourth-order valence-electron chi connectivity index (χ4n) is 3.30. The van der Waals surface area contributed by atoms with Crippen LogP contribution in [0.5, 0.6) is 5.75 Å². The Bertz CT molecular complexity index is 863. The highest BCUT2D eigenvalue weighted by Gasteiger charge is 2.28. The van der Waals surface area contributed by atoms with E-state index in [1.54, 1.807) is 27.0 Å². The van der Waals surface area contributed by atoms with E-state index in [-0.39, 0.29) is 24.4 Å². The minimum atomic E-state index is -0.400. The molecule has 0 saturated carbocycles. The van der Waals surface area contributed by atoms with E-state index in [1.165, 1.54) is 4.57 Å². The average Bonchev–Trinajstić information content (AvgIpc) is 3.11. The smallest absolute Gasteiger partial charge is 0.348 e. The van der Waals surface area contributed by atoms with Gasteiger partial charge in [-0.15, -0.1) is 0 Å². The van der Waals surface area contributed by atoms with E-state index in [4.69, 9.17) is 4.74 Å². The first-order valence-corrected chi connectivity index (χ1v) is 8.92. The normalized spacial score (nSPS) is 19.1. The topological polar surface area (TPSA) is 97.3 Å². The third-order valence-electron chi connectivity index (χ3n) is 4.78. The van der Waals surface area contributed by atoms with E-state index in [0.29, 0.717) is 12.2 Å². The van der Waals surface area contributed by atoms with Crippen LogP contribution in [0.3, 0.4) is 0 Å². The standard InChI is InChI=1S/C19H25N5O3/c1-12-8-13(2)24(19(26)22-12)11-17(25)20-9-15-10-21-23-18(15)14-4-6-16(27-3)7-5-14/h4-8,15,18,21,23H,9-11H2,1-3H3,(H,20,25). The molecule has 0 bridgehead atoms. The van der Waals surface area contributed by atoms with Crippen LogP contribution in [0.4, 0.5) is 0 Å². The third kappa shape index (κ3) is 4.53. The third-order valence-corrected chi connectivity index (χ3v) is 4.78. The zero-order valence-corrected chi connectivity index (χ0v) is 15.8. The number of methoxy groups -OCH3 is 1. The van der Waals surface area contributed by atoms with Gasteiger partial charge in [-0.3, -0.25) is 14.8 Å². The van der Waals surface area contributed by atoms with Gasteiger partial charge >= 0.3 is 5.69 Å². The van der Waals surface area contributed by atoms with E-state index >= 15 is 0 Å². The molecule has 1 fully saturated rings. The lowest BCUT2D eigenvalue weighted by Gasteiger charge is -2.20. The molecule has 1 amide bonds. The second kappa shape index (κ2) is 8.32. The summed E-state index contributed by atoms with van der Waals surface area (Å²) in [4.78, 5) is 28.2. The molecule has 2 heterocycles. The molecule has 1 aliphatic rings. The van der Waals surface area contributed by atoms with Gasteiger partial charge in [0.05, 0.1) is 13.2 Å². The van der Waals surface area contributed by atoms with Crippen LogP contribution in [0.2, 0.25) is 0 Å². The summed E-state index contributed by atoms with van der Waals surface area (Å²) in [5.74, 6) is 0.796. The zero-order valence-electron chi connectivity index (χ0n) is 15.8.